The molecule has 4 rings (SSSR count). The third-order valence-electron chi connectivity index (χ3n) is 4.60. The lowest BCUT2D eigenvalue weighted by Gasteiger charge is -2.34. The highest BCUT2D eigenvalue weighted by atomic mass is 35.5. The highest BCUT2D eigenvalue weighted by Crippen LogP contribution is 2.38. The first-order valence-electron chi connectivity index (χ1n) is 8.50. The molecule has 1 amide bonds. The van der Waals surface area contributed by atoms with Crippen molar-refractivity contribution in [3.63, 3.8) is 0 Å². The number of benzene rings is 2. The number of rotatable bonds is 3. The van der Waals surface area contributed by atoms with E-state index >= 15 is 0 Å². The Morgan fingerprint density at radius 1 is 1.07 bits per heavy atom. The number of anilines is 1. The number of ether oxygens (including phenoxy) is 1. The first-order chi connectivity index (χ1) is 13.1. The number of piperazine rings is 1. The lowest BCUT2D eigenvalue weighted by Crippen LogP contribution is -2.48. The molecule has 1 aliphatic heterocycles. The Morgan fingerprint density at radius 3 is 2.52 bits per heavy atom. The second-order valence-electron chi connectivity index (χ2n) is 6.18. The molecule has 140 valence electrons. The highest BCUT2D eigenvalue weighted by Gasteiger charge is 2.25. The van der Waals surface area contributed by atoms with Crippen LogP contribution in [0.15, 0.2) is 36.4 Å². The Kier molecular flexibility index (Phi) is 5.12. The van der Waals surface area contributed by atoms with E-state index in [0.29, 0.717) is 47.5 Å². The number of fused-ring (bicyclic) bond motifs is 1. The van der Waals surface area contributed by atoms with Gasteiger partial charge in [-0.15, -0.1) is 0 Å². The number of amides is 1. The van der Waals surface area contributed by atoms with Crippen molar-refractivity contribution in [3.8, 4) is 5.75 Å². The number of halogens is 2. The van der Waals surface area contributed by atoms with Gasteiger partial charge in [0.2, 0.25) is 0 Å². The number of thiazole rings is 1. The minimum atomic E-state index is -0.0296. The molecule has 0 bridgehead atoms. The second-order valence-corrected chi connectivity index (χ2v) is 8.01. The van der Waals surface area contributed by atoms with Crippen molar-refractivity contribution in [1.82, 2.24) is 9.88 Å². The molecule has 5 nitrogen and oxygen atoms in total. The molecule has 2 aromatic carbocycles. The summed E-state index contributed by atoms with van der Waals surface area (Å²) in [6.45, 7) is 2.67. The fourth-order valence-electron chi connectivity index (χ4n) is 3.17. The average Bonchev–Trinajstić information content (AvgIpc) is 3.12. The van der Waals surface area contributed by atoms with Crippen molar-refractivity contribution in [2.75, 3.05) is 38.2 Å². The van der Waals surface area contributed by atoms with Gasteiger partial charge in [0, 0.05) is 26.2 Å². The summed E-state index contributed by atoms with van der Waals surface area (Å²) < 4.78 is 6.42. The molecule has 0 saturated carbocycles. The number of methoxy groups -OCH3 is 1. The summed E-state index contributed by atoms with van der Waals surface area (Å²) in [6.07, 6.45) is 0. The van der Waals surface area contributed by atoms with Gasteiger partial charge in [-0.25, -0.2) is 4.98 Å². The molecule has 0 N–H and O–H groups in total. The molecule has 3 aromatic rings. The Morgan fingerprint density at radius 2 is 1.81 bits per heavy atom. The quantitative estimate of drug-likeness (QED) is 0.620. The number of carbonyl (C=O) groups is 1. The van der Waals surface area contributed by atoms with Crippen LogP contribution in [0.4, 0.5) is 5.13 Å². The number of nitrogens with zero attached hydrogens (tertiary/aromatic N) is 3. The Balaban J connectivity index is 1.50. The van der Waals surface area contributed by atoms with Gasteiger partial charge in [-0.1, -0.05) is 46.7 Å². The highest BCUT2D eigenvalue weighted by molar-refractivity contribution is 7.22. The van der Waals surface area contributed by atoms with E-state index in [1.165, 1.54) is 0 Å². The van der Waals surface area contributed by atoms with E-state index in [1.54, 1.807) is 30.6 Å². The molecule has 1 saturated heterocycles. The number of hydrogen-bond donors (Lipinski definition) is 0. The molecule has 2 heterocycles. The lowest BCUT2D eigenvalue weighted by molar-refractivity contribution is 0.0747. The number of aromatic nitrogens is 1. The minimum Gasteiger partial charge on any atom is -0.493 e. The van der Waals surface area contributed by atoms with Crippen LogP contribution in [0.25, 0.3) is 10.2 Å². The molecule has 0 aliphatic carbocycles. The maximum Gasteiger partial charge on any atom is 0.255 e. The molecule has 8 heteroatoms. The monoisotopic (exact) mass is 421 g/mol. The van der Waals surface area contributed by atoms with Crippen LogP contribution < -0.4 is 9.64 Å². The maximum atomic E-state index is 12.7. The summed E-state index contributed by atoms with van der Waals surface area (Å²) >= 11 is 14.0. The van der Waals surface area contributed by atoms with Gasteiger partial charge in [-0.2, -0.15) is 0 Å². The molecule has 1 fully saturated rings. The van der Waals surface area contributed by atoms with Crippen molar-refractivity contribution in [3.05, 3.63) is 52.0 Å². The van der Waals surface area contributed by atoms with Gasteiger partial charge in [0.25, 0.3) is 5.91 Å². The fraction of sp³-hybridized carbons (Fsp3) is 0.263. The molecular formula is C19H17Cl2N3O2S. The number of hydrogen-bond acceptors (Lipinski definition) is 5. The normalized spacial score (nSPS) is 14.6. The van der Waals surface area contributed by atoms with Gasteiger partial charge in [-0.3, -0.25) is 4.79 Å². The van der Waals surface area contributed by atoms with Crippen LogP contribution in [0.5, 0.6) is 5.75 Å². The SMILES string of the molecule is COc1c(Cl)ccc2sc(N3CCN(C(=O)c4ccccc4Cl)CC3)nc12. The van der Waals surface area contributed by atoms with E-state index in [-0.39, 0.29) is 5.91 Å². The van der Waals surface area contributed by atoms with E-state index in [9.17, 15) is 4.79 Å². The molecule has 0 atom stereocenters. The van der Waals surface area contributed by atoms with Gasteiger partial charge >= 0.3 is 0 Å². The van der Waals surface area contributed by atoms with Gasteiger partial charge in [0.05, 0.1) is 27.4 Å². The summed E-state index contributed by atoms with van der Waals surface area (Å²) in [5, 5.41) is 1.95. The molecule has 0 unspecified atom stereocenters. The average molecular weight is 422 g/mol. The molecule has 1 aliphatic rings. The van der Waals surface area contributed by atoms with Gasteiger partial charge in [0.15, 0.2) is 10.9 Å². The number of carbonyl (C=O) groups excluding carboxylic acids is 1. The zero-order chi connectivity index (χ0) is 19.0. The molecular weight excluding hydrogens is 405 g/mol. The fourth-order valence-corrected chi connectivity index (χ4v) is 4.63. The van der Waals surface area contributed by atoms with Gasteiger partial charge in [-0.05, 0) is 24.3 Å². The van der Waals surface area contributed by atoms with Crippen LogP contribution in [-0.4, -0.2) is 49.1 Å². The Bertz CT molecular complexity index is 1000. The summed E-state index contributed by atoms with van der Waals surface area (Å²) in [7, 11) is 1.60. The van der Waals surface area contributed by atoms with E-state index in [4.69, 9.17) is 32.9 Å². The van der Waals surface area contributed by atoms with Crippen LogP contribution in [0.1, 0.15) is 10.4 Å². The molecule has 0 spiro atoms. The summed E-state index contributed by atoms with van der Waals surface area (Å²) in [5.74, 6) is 0.571. The van der Waals surface area contributed by atoms with Crippen molar-refractivity contribution in [2.24, 2.45) is 0 Å². The topological polar surface area (TPSA) is 45.7 Å². The third kappa shape index (κ3) is 3.45. The van der Waals surface area contributed by atoms with Gasteiger partial charge < -0.3 is 14.5 Å². The van der Waals surface area contributed by atoms with Gasteiger partial charge in [0.1, 0.15) is 5.52 Å². The minimum absolute atomic E-state index is 0.0296. The first kappa shape index (κ1) is 18.3. The summed E-state index contributed by atoms with van der Waals surface area (Å²) in [4.78, 5) is 21.4. The van der Waals surface area contributed by atoms with Crippen LogP contribution in [-0.2, 0) is 0 Å². The van der Waals surface area contributed by atoms with E-state index < -0.39 is 0 Å². The van der Waals surface area contributed by atoms with Crippen LogP contribution in [0.3, 0.4) is 0 Å². The largest absolute Gasteiger partial charge is 0.493 e. The zero-order valence-electron chi connectivity index (χ0n) is 14.6. The Hall–Kier alpha value is -2.02. The standard InChI is InChI=1S/C19H17Cl2N3O2S/c1-26-17-14(21)6-7-15-16(17)22-19(27-15)24-10-8-23(9-11-24)18(25)12-4-2-3-5-13(12)20/h2-7H,8-11H2,1H3. The molecule has 0 radical (unpaired) electrons. The van der Waals surface area contributed by atoms with E-state index in [2.05, 4.69) is 4.90 Å². The van der Waals surface area contributed by atoms with Crippen molar-refractivity contribution in [1.29, 1.82) is 0 Å². The predicted molar refractivity (Wildman–Crippen MR) is 111 cm³/mol. The van der Waals surface area contributed by atoms with Crippen LogP contribution in [0, 0.1) is 0 Å². The summed E-state index contributed by atoms with van der Waals surface area (Å²) in [5.41, 5.74) is 1.33. The van der Waals surface area contributed by atoms with E-state index in [1.807, 2.05) is 29.2 Å². The third-order valence-corrected chi connectivity index (χ3v) is 6.31. The van der Waals surface area contributed by atoms with Crippen molar-refractivity contribution >= 4 is 55.8 Å². The molecule has 1 aromatic heterocycles. The van der Waals surface area contributed by atoms with Crippen molar-refractivity contribution < 1.29 is 9.53 Å². The second kappa shape index (κ2) is 7.54. The van der Waals surface area contributed by atoms with E-state index in [0.717, 1.165) is 15.3 Å². The molecule has 27 heavy (non-hydrogen) atoms. The van der Waals surface area contributed by atoms with Crippen LogP contribution in [0.2, 0.25) is 10.0 Å². The first-order valence-corrected chi connectivity index (χ1v) is 10.1. The van der Waals surface area contributed by atoms with Crippen LogP contribution >= 0.6 is 34.5 Å². The zero-order valence-corrected chi connectivity index (χ0v) is 16.9. The predicted octanol–water partition coefficient (Wildman–Crippen LogP) is 4.57. The smallest absolute Gasteiger partial charge is 0.255 e. The Labute approximate surface area is 171 Å². The maximum absolute atomic E-state index is 12.7. The van der Waals surface area contributed by atoms with Crippen molar-refractivity contribution in [2.45, 2.75) is 0 Å². The lowest BCUT2D eigenvalue weighted by atomic mass is 10.2. The summed E-state index contributed by atoms with van der Waals surface area (Å²) in [6, 6.07) is 10.9.